The molecule has 1 atom stereocenters. The maximum Gasteiger partial charge on any atom is 0.261 e. The van der Waals surface area contributed by atoms with E-state index in [1.807, 2.05) is 0 Å². The van der Waals surface area contributed by atoms with E-state index in [-0.39, 0.29) is 0 Å². The zero-order valence-electron chi connectivity index (χ0n) is 23.4. The molecule has 0 spiro atoms. The summed E-state index contributed by atoms with van der Waals surface area (Å²) in [5.41, 5.74) is 4.37. The number of unbranched alkanes of at least 4 members (excludes halogenated alkanes) is 9. The van der Waals surface area contributed by atoms with Crippen molar-refractivity contribution in [3.05, 3.63) is 89.5 Å². The van der Waals surface area contributed by atoms with E-state index in [1.54, 1.807) is 0 Å². The van der Waals surface area contributed by atoms with Gasteiger partial charge in [-0.25, -0.2) is 9.13 Å². The van der Waals surface area contributed by atoms with E-state index < -0.39 is 0 Å². The lowest BCUT2D eigenvalue weighted by Crippen LogP contribution is -2.37. The Bertz CT molecular complexity index is 958. The molecule has 0 aliphatic heterocycles. The summed E-state index contributed by atoms with van der Waals surface area (Å²) >= 11 is 0. The first-order valence-corrected chi connectivity index (χ1v) is 14.9. The highest BCUT2D eigenvalue weighted by Gasteiger charge is 2.25. The summed E-state index contributed by atoms with van der Waals surface area (Å²) in [5, 5.41) is 0. The molecule has 0 aliphatic carbocycles. The second-order valence-electron chi connectivity index (χ2n) is 10.7. The maximum atomic E-state index is 2.69. The fourth-order valence-corrected chi connectivity index (χ4v) is 5.40. The average Bonchev–Trinajstić information content (AvgIpc) is 3.22. The van der Waals surface area contributed by atoms with Gasteiger partial charge in [0.1, 0.15) is 11.9 Å². The summed E-state index contributed by atoms with van der Waals surface area (Å²) < 4.78 is 5.30. The van der Waals surface area contributed by atoms with Gasteiger partial charge in [-0.1, -0.05) is 126 Å². The molecule has 3 rings (SSSR count). The molecule has 196 valence electrons. The fraction of sp³-hybridized carbons (Fsp3) is 0.559. The van der Waals surface area contributed by atoms with E-state index in [2.05, 4.69) is 96.8 Å². The van der Waals surface area contributed by atoms with E-state index >= 15 is 0 Å². The third-order valence-electron chi connectivity index (χ3n) is 7.62. The molecule has 2 nitrogen and oxygen atoms in total. The summed E-state index contributed by atoms with van der Waals surface area (Å²) in [4.78, 5) is 0. The molecule has 0 saturated carbocycles. The molecule has 3 aromatic rings. The predicted molar refractivity (Wildman–Crippen MR) is 155 cm³/mol. The Kier molecular flexibility index (Phi) is 12.9. The van der Waals surface area contributed by atoms with Gasteiger partial charge in [-0.15, -0.1) is 0 Å². The van der Waals surface area contributed by atoms with Gasteiger partial charge >= 0.3 is 0 Å². The molecule has 2 aromatic carbocycles. The van der Waals surface area contributed by atoms with Gasteiger partial charge in [-0.05, 0) is 42.7 Å². The number of aryl methyl sites for hydroxylation is 1. The van der Waals surface area contributed by atoms with Crippen LogP contribution in [0.25, 0.3) is 0 Å². The summed E-state index contributed by atoms with van der Waals surface area (Å²) in [6.45, 7) is 9.27. The van der Waals surface area contributed by atoms with Gasteiger partial charge in [-0.2, -0.15) is 0 Å². The second-order valence-corrected chi connectivity index (χ2v) is 10.7. The van der Waals surface area contributed by atoms with Gasteiger partial charge in [-0.3, -0.25) is 0 Å². The van der Waals surface area contributed by atoms with Crippen LogP contribution in [0.3, 0.4) is 0 Å². The van der Waals surface area contributed by atoms with Gasteiger partial charge in [0.15, 0.2) is 0 Å². The SMILES string of the molecule is CCCCCCCCCC[n+]1cc(CC(C)c2ccccc2)n(CCCCC)c1Cc1ccccc1. The van der Waals surface area contributed by atoms with Crippen molar-refractivity contribution in [1.82, 2.24) is 4.57 Å². The van der Waals surface area contributed by atoms with Gasteiger partial charge in [0.2, 0.25) is 0 Å². The van der Waals surface area contributed by atoms with E-state index in [9.17, 15) is 0 Å². The highest BCUT2D eigenvalue weighted by Crippen LogP contribution is 2.22. The number of imidazole rings is 1. The Morgan fingerprint density at radius 3 is 1.94 bits per heavy atom. The lowest BCUT2D eigenvalue weighted by Gasteiger charge is -2.12. The third kappa shape index (κ3) is 9.26. The van der Waals surface area contributed by atoms with Gasteiger partial charge in [0, 0.05) is 6.42 Å². The Morgan fingerprint density at radius 2 is 1.28 bits per heavy atom. The summed E-state index contributed by atoms with van der Waals surface area (Å²) in [6.07, 6.45) is 19.4. The zero-order valence-corrected chi connectivity index (χ0v) is 23.4. The van der Waals surface area contributed by atoms with Gasteiger partial charge in [0.05, 0.1) is 19.5 Å². The number of hydrogen-bond acceptors (Lipinski definition) is 0. The quantitative estimate of drug-likeness (QED) is 0.125. The van der Waals surface area contributed by atoms with Crippen molar-refractivity contribution in [2.75, 3.05) is 0 Å². The van der Waals surface area contributed by atoms with Crippen LogP contribution in [0.4, 0.5) is 0 Å². The molecule has 1 heterocycles. The number of rotatable bonds is 18. The molecule has 0 fully saturated rings. The van der Waals surface area contributed by atoms with E-state index in [0.29, 0.717) is 5.92 Å². The topological polar surface area (TPSA) is 8.81 Å². The van der Waals surface area contributed by atoms with Crippen LogP contribution in [0, 0.1) is 0 Å². The molecule has 1 unspecified atom stereocenters. The minimum atomic E-state index is 0.521. The van der Waals surface area contributed by atoms with Crippen LogP contribution in [-0.4, -0.2) is 4.57 Å². The number of nitrogens with zero attached hydrogens (tertiary/aromatic N) is 2. The van der Waals surface area contributed by atoms with Crippen molar-refractivity contribution in [3.8, 4) is 0 Å². The molecule has 1 aromatic heterocycles. The van der Waals surface area contributed by atoms with Crippen molar-refractivity contribution in [2.24, 2.45) is 0 Å². The van der Waals surface area contributed by atoms with Crippen LogP contribution in [-0.2, 0) is 25.9 Å². The van der Waals surface area contributed by atoms with Crippen molar-refractivity contribution in [2.45, 2.75) is 123 Å². The first-order valence-electron chi connectivity index (χ1n) is 14.9. The second kappa shape index (κ2) is 16.4. The molecule has 0 bridgehead atoms. The van der Waals surface area contributed by atoms with E-state index in [1.165, 1.54) is 93.3 Å². The fourth-order valence-electron chi connectivity index (χ4n) is 5.40. The standard InChI is InChI=1S/C34H51N2/c1-4-6-8-9-10-11-12-20-25-35-29-33(27-30(3)32-23-17-14-18-24-32)36(26-19-7-5-2)34(35)28-31-21-15-13-16-22-31/h13-18,21-24,29-30H,4-12,19-20,25-28H2,1-3H3/q+1. The van der Waals surface area contributed by atoms with E-state index in [0.717, 1.165) is 25.9 Å². The Hall–Kier alpha value is -2.35. The number of aromatic nitrogens is 2. The van der Waals surface area contributed by atoms with E-state index in [4.69, 9.17) is 0 Å². The van der Waals surface area contributed by atoms with Crippen molar-refractivity contribution in [3.63, 3.8) is 0 Å². The summed E-state index contributed by atoms with van der Waals surface area (Å²) in [6, 6.07) is 22.1. The Balaban J connectivity index is 1.77. The monoisotopic (exact) mass is 487 g/mol. The first kappa shape index (κ1) is 28.2. The predicted octanol–water partition coefficient (Wildman–Crippen LogP) is 9.04. The normalized spacial score (nSPS) is 12.2. The van der Waals surface area contributed by atoms with Crippen molar-refractivity contribution >= 4 is 0 Å². The smallest absolute Gasteiger partial charge is 0.234 e. The van der Waals surface area contributed by atoms with Crippen LogP contribution >= 0.6 is 0 Å². The molecule has 0 saturated heterocycles. The average molecular weight is 488 g/mol. The molecule has 0 N–H and O–H groups in total. The van der Waals surface area contributed by atoms with Gasteiger partial charge in [0.25, 0.3) is 5.82 Å². The molecule has 0 amide bonds. The maximum absolute atomic E-state index is 2.69. The molecular weight excluding hydrogens is 436 g/mol. The summed E-state index contributed by atoms with van der Waals surface area (Å²) in [7, 11) is 0. The number of hydrogen-bond donors (Lipinski definition) is 0. The third-order valence-corrected chi connectivity index (χ3v) is 7.62. The Labute approximate surface area is 221 Å². The van der Waals surface area contributed by atoms with Crippen LogP contribution < -0.4 is 4.57 Å². The summed E-state index contributed by atoms with van der Waals surface area (Å²) in [5.74, 6) is 2.02. The van der Waals surface area contributed by atoms with Crippen LogP contribution in [0.1, 0.15) is 120 Å². The largest absolute Gasteiger partial charge is 0.261 e. The van der Waals surface area contributed by atoms with Crippen LogP contribution in [0.15, 0.2) is 66.9 Å². The first-order chi connectivity index (χ1) is 17.7. The number of benzene rings is 2. The minimum Gasteiger partial charge on any atom is -0.234 e. The molecule has 36 heavy (non-hydrogen) atoms. The molecular formula is C34H51N2+. The van der Waals surface area contributed by atoms with Crippen molar-refractivity contribution < 1.29 is 4.57 Å². The highest BCUT2D eigenvalue weighted by molar-refractivity contribution is 5.22. The zero-order chi connectivity index (χ0) is 25.4. The van der Waals surface area contributed by atoms with Crippen LogP contribution in [0.5, 0.6) is 0 Å². The molecule has 0 aliphatic rings. The Morgan fingerprint density at radius 1 is 0.694 bits per heavy atom. The minimum absolute atomic E-state index is 0.521. The molecule has 2 heteroatoms. The lowest BCUT2D eigenvalue weighted by atomic mass is 9.96. The highest BCUT2D eigenvalue weighted by atomic mass is 15.2. The van der Waals surface area contributed by atoms with Crippen molar-refractivity contribution in [1.29, 1.82) is 0 Å². The van der Waals surface area contributed by atoms with Crippen LogP contribution in [0.2, 0.25) is 0 Å². The lowest BCUT2D eigenvalue weighted by molar-refractivity contribution is -0.704. The molecule has 0 radical (unpaired) electrons. The van der Waals surface area contributed by atoms with Gasteiger partial charge < -0.3 is 0 Å².